The molecule has 2 aromatic carbocycles. The van der Waals surface area contributed by atoms with Crippen LogP contribution >= 0.6 is 0 Å². The monoisotopic (exact) mass is 280 g/mol. The van der Waals surface area contributed by atoms with Crippen LogP contribution in [0.2, 0.25) is 0 Å². The van der Waals surface area contributed by atoms with E-state index in [9.17, 15) is 9.18 Å². The van der Waals surface area contributed by atoms with Crippen LogP contribution in [0.4, 0.5) is 4.39 Å². The van der Waals surface area contributed by atoms with Crippen LogP contribution in [0.3, 0.4) is 0 Å². The molecule has 2 aromatic rings. The van der Waals surface area contributed by atoms with Gasteiger partial charge >= 0.3 is 0 Å². The van der Waals surface area contributed by atoms with Crippen molar-refractivity contribution in [1.82, 2.24) is 0 Å². The molecule has 0 fully saturated rings. The van der Waals surface area contributed by atoms with Crippen LogP contribution in [-0.2, 0) is 0 Å². The molecule has 21 heavy (non-hydrogen) atoms. The van der Waals surface area contributed by atoms with Crippen molar-refractivity contribution in [3.05, 3.63) is 59.9 Å². The van der Waals surface area contributed by atoms with Gasteiger partial charge in [-0.1, -0.05) is 43.5 Å². The fourth-order valence-corrected chi connectivity index (χ4v) is 1.94. The van der Waals surface area contributed by atoms with Gasteiger partial charge in [0, 0.05) is 12.0 Å². The molecular weight excluding hydrogens is 263 g/mol. The molecule has 0 aliphatic rings. The van der Waals surface area contributed by atoms with E-state index in [1.807, 2.05) is 12.1 Å². The van der Waals surface area contributed by atoms with Crippen molar-refractivity contribution < 1.29 is 9.18 Å². The number of carbonyl (C=O) groups excluding carboxylic acids is 1. The molecular formula is C19H17FO. The first-order valence-electron chi connectivity index (χ1n) is 7.10. The summed E-state index contributed by atoms with van der Waals surface area (Å²) in [7, 11) is 0. The van der Waals surface area contributed by atoms with Crippen LogP contribution in [-0.4, -0.2) is 5.78 Å². The van der Waals surface area contributed by atoms with Gasteiger partial charge in [-0.2, -0.15) is 0 Å². The lowest BCUT2D eigenvalue weighted by atomic mass is 10.0. The van der Waals surface area contributed by atoms with Gasteiger partial charge in [-0.25, -0.2) is 4.39 Å². The zero-order valence-corrected chi connectivity index (χ0v) is 12.0. The summed E-state index contributed by atoms with van der Waals surface area (Å²) in [5, 5.41) is 0. The van der Waals surface area contributed by atoms with E-state index < -0.39 is 0 Å². The summed E-state index contributed by atoms with van der Waals surface area (Å²) in [5.41, 5.74) is 2.46. The topological polar surface area (TPSA) is 17.1 Å². The lowest BCUT2D eigenvalue weighted by molar-refractivity contribution is 0.105. The van der Waals surface area contributed by atoms with E-state index in [1.165, 1.54) is 12.1 Å². The second kappa shape index (κ2) is 7.40. The highest BCUT2D eigenvalue weighted by Gasteiger charge is 2.03. The number of rotatable bonds is 4. The number of benzene rings is 2. The van der Waals surface area contributed by atoms with Crippen LogP contribution in [0.1, 0.15) is 36.5 Å². The number of carbonyl (C=O) groups is 1. The summed E-state index contributed by atoms with van der Waals surface area (Å²) in [6, 6.07) is 13.5. The standard InChI is InChI=1S/C19H17FO/c1-2-3-4-5-6-19(21)17-9-7-15(8-10-17)16-11-13-18(20)14-12-16/h7-14H,2-4H2,1H3. The molecule has 0 heterocycles. The molecule has 0 bridgehead atoms. The fourth-order valence-electron chi connectivity index (χ4n) is 1.94. The highest BCUT2D eigenvalue weighted by molar-refractivity contribution is 6.09. The molecule has 0 unspecified atom stereocenters. The third kappa shape index (κ3) is 4.29. The van der Waals surface area contributed by atoms with E-state index in [-0.39, 0.29) is 11.6 Å². The van der Waals surface area contributed by atoms with E-state index in [4.69, 9.17) is 0 Å². The van der Waals surface area contributed by atoms with Crippen molar-refractivity contribution in [1.29, 1.82) is 0 Å². The Morgan fingerprint density at radius 2 is 1.57 bits per heavy atom. The van der Waals surface area contributed by atoms with Gasteiger partial charge in [0.2, 0.25) is 5.78 Å². The van der Waals surface area contributed by atoms with Crippen molar-refractivity contribution in [2.75, 3.05) is 0 Å². The van der Waals surface area contributed by atoms with E-state index >= 15 is 0 Å². The summed E-state index contributed by atoms with van der Waals surface area (Å²) in [6.07, 6.45) is 2.86. The smallest absolute Gasteiger partial charge is 0.235 e. The molecule has 106 valence electrons. The minimum absolute atomic E-state index is 0.156. The summed E-state index contributed by atoms with van der Waals surface area (Å²) < 4.78 is 12.9. The SMILES string of the molecule is CCCCC#CC(=O)c1ccc(-c2ccc(F)cc2)cc1. The minimum atomic E-state index is -0.257. The molecule has 0 N–H and O–H groups in total. The molecule has 0 saturated carbocycles. The minimum Gasteiger partial charge on any atom is -0.279 e. The van der Waals surface area contributed by atoms with Crippen molar-refractivity contribution >= 4 is 5.78 Å². The van der Waals surface area contributed by atoms with Crippen LogP contribution in [0.15, 0.2) is 48.5 Å². The first-order valence-corrected chi connectivity index (χ1v) is 7.10. The highest BCUT2D eigenvalue weighted by atomic mass is 19.1. The summed E-state index contributed by atoms with van der Waals surface area (Å²) in [6.45, 7) is 2.09. The lowest BCUT2D eigenvalue weighted by Crippen LogP contribution is -1.94. The normalized spacial score (nSPS) is 9.81. The number of hydrogen-bond acceptors (Lipinski definition) is 1. The third-order valence-corrected chi connectivity index (χ3v) is 3.18. The maximum Gasteiger partial charge on any atom is 0.235 e. The number of hydrogen-bond donors (Lipinski definition) is 0. The quantitative estimate of drug-likeness (QED) is 0.338. The fraction of sp³-hybridized carbons (Fsp3) is 0.211. The molecule has 1 nitrogen and oxygen atoms in total. The zero-order chi connectivity index (χ0) is 15.1. The molecule has 0 aliphatic heterocycles. The molecule has 0 radical (unpaired) electrons. The molecule has 2 rings (SSSR count). The van der Waals surface area contributed by atoms with Gasteiger partial charge in [0.25, 0.3) is 0 Å². The van der Waals surface area contributed by atoms with Gasteiger partial charge in [0.15, 0.2) is 0 Å². The molecule has 0 saturated heterocycles. The molecule has 0 aliphatic carbocycles. The van der Waals surface area contributed by atoms with Crippen LogP contribution in [0.5, 0.6) is 0 Å². The Hall–Kier alpha value is -2.40. The number of ketones is 1. The van der Waals surface area contributed by atoms with Crippen LogP contribution < -0.4 is 0 Å². The Bertz CT molecular complexity index is 657. The maximum atomic E-state index is 12.9. The Balaban J connectivity index is 2.09. The van der Waals surface area contributed by atoms with Gasteiger partial charge in [0.1, 0.15) is 5.82 Å². The predicted molar refractivity (Wildman–Crippen MR) is 83.5 cm³/mol. The Kier molecular flexibility index (Phi) is 5.29. The molecule has 2 heteroatoms. The third-order valence-electron chi connectivity index (χ3n) is 3.18. The molecule has 0 amide bonds. The largest absolute Gasteiger partial charge is 0.279 e. The van der Waals surface area contributed by atoms with Gasteiger partial charge in [-0.3, -0.25) is 4.79 Å². The molecule has 0 atom stereocenters. The van der Waals surface area contributed by atoms with Gasteiger partial charge < -0.3 is 0 Å². The number of halogens is 1. The first-order chi connectivity index (χ1) is 10.2. The average Bonchev–Trinajstić information content (AvgIpc) is 2.52. The van der Waals surface area contributed by atoms with E-state index in [0.717, 1.165) is 30.4 Å². The predicted octanol–water partition coefficient (Wildman–Crippen LogP) is 4.87. The average molecular weight is 280 g/mol. The maximum absolute atomic E-state index is 12.9. The van der Waals surface area contributed by atoms with Crippen LogP contribution in [0.25, 0.3) is 11.1 Å². The Morgan fingerprint density at radius 1 is 1.00 bits per heavy atom. The second-order valence-corrected chi connectivity index (χ2v) is 4.82. The second-order valence-electron chi connectivity index (χ2n) is 4.82. The first kappa shape index (κ1) is 15.0. The molecule has 0 spiro atoms. The van der Waals surface area contributed by atoms with E-state index in [2.05, 4.69) is 18.8 Å². The van der Waals surface area contributed by atoms with Crippen molar-refractivity contribution in [2.45, 2.75) is 26.2 Å². The van der Waals surface area contributed by atoms with E-state index in [1.54, 1.807) is 24.3 Å². The van der Waals surface area contributed by atoms with Gasteiger partial charge in [0.05, 0.1) is 0 Å². The van der Waals surface area contributed by atoms with Gasteiger partial charge in [-0.05, 0) is 47.7 Å². The summed E-state index contributed by atoms with van der Waals surface area (Å²) >= 11 is 0. The van der Waals surface area contributed by atoms with Crippen LogP contribution in [0, 0.1) is 17.7 Å². The summed E-state index contributed by atoms with van der Waals surface area (Å²) in [5.74, 6) is 5.15. The number of Topliss-reactive ketones (excluding diaryl/α,β-unsaturated/α-hetero) is 1. The highest BCUT2D eigenvalue weighted by Crippen LogP contribution is 2.20. The summed E-state index contributed by atoms with van der Waals surface area (Å²) in [4.78, 5) is 11.9. The zero-order valence-electron chi connectivity index (χ0n) is 12.0. The number of unbranched alkanes of at least 4 members (excludes halogenated alkanes) is 2. The van der Waals surface area contributed by atoms with E-state index in [0.29, 0.717) is 5.56 Å². The van der Waals surface area contributed by atoms with Crippen molar-refractivity contribution in [2.24, 2.45) is 0 Å². The molecule has 0 aromatic heterocycles. The van der Waals surface area contributed by atoms with Crippen molar-refractivity contribution in [3.63, 3.8) is 0 Å². The Labute approximate surface area is 124 Å². The Morgan fingerprint density at radius 3 is 2.14 bits per heavy atom. The van der Waals surface area contributed by atoms with Crippen molar-refractivity contribution in [3.8, 4) is 23.0 Å². The lowest BCUT2D eigenvalue weighted by Gasteiger charge is -2.02. The van der Waals surface area contributed by atoms with Gasteiger partial charge in [-0.15, -0.1) is 0 Å².